The molecule has 2 aliphatic rings. The molecular formula is C16H25NO4. The monoisotopic (exact) mass is 295 g/mol. The van der Waals surface area contributed by atoms with Crippen LogP contribution in [0.5, 0.6) is 0 Å². The average Bonchev–Trinajstić information content (AvgIpc) is 2.47. The number of fused-ring (bicyclic) bond motifs is 1. The number of hydrogen-bond donors (Lipinski definition) is 0. The van der Waals surface area contributed by atoms with Crippen molar-refractivity contribution >= 4 is 17.5 Å². The molecule has 0 heterocycles. The molecule has 5 nitrogen and oxygen atoms in total. The summed E-state index contributed by atoms with van der Waals surface area (Å²) in [6.07, 6.45) is 8.39. The van der Waals surface area contributed by atoms with E-state index in [0.29, 0.717) is 0 Å². The van der Waals surface area contributed by atoms with Gasteiger partial charge in [0.15, 0.2) is 5.78 Å². The van der Waals surface area contributed by atoms with Gasteiger partial charge in [0.2, 0.25) is 5.71 Å². The van der Waals surface area contributed by atoms with Crippen molar-refractivity contribution in [3.63, 3.8) is 0 Å². The molecule has 2 aliphatic carbocycles. The van der Waals surface area contributed by atoms with Crippen LogP contribution in [0.15, 0.2) is 5.16 Å². The van der Waals surface area contributed by atoms with E-state index in [0.717, 1.165) is 24.7 Å². The summed E-state index contributed by atoms with van der Waals surface area (Å²) >= 11 is 0. The van der Waals surface area contributed by atoms with E-state index >= 15 is 0 Å². The maximum atomic E-state index is 11.6. The molecule has 3 unspecified atom stereocenters. The topological polar surface area (TPSA) is 65.0 Å². The first kappa shape index (κ1) is 16.0. The van der Waals surface area contributed by atoms with E-state index in [1.807, 2.05) is 0 Å². The Morgan fingerprint density at radius 3 is 2.48 bits per heavy atom. The van der Waals surface area contributed by atoms with Crippen LogP contribution in [0.25, 0.3) is 0 Å². The zero-order valence-electron chi connectivity index (χ0n) is 13.0. The predicted octanol–water partition coefficient (Wildman–Crippen LogP) is 2.87. The normalized spacial score (nSPS) is 29.4. The molecule has 3 atom stereocenters. The molecular weight excluding hydrogens is 270 g/mol. The van der Waals surface area contributed by atoms with E-state index in [1.54, 1.807) is 6.92 Å². The van der Waals surface area contributed by atoms with Gasteiger partial charge in [-0.25, -0.2) is 4.79 Å². The average molecular weight is 295 g/mol. The van der Waals surface area contributed by atoms with Crippen LogP contribution in [0, 0.1) is 11.8 Å². The molecule has 0 aromatic carbocycles. The van der Waals surface area contributed by atoms with E-state index in [4.69, 9.17) is 9.57 Å². The fourth-order valence-corrected chi connectivity index (χ4v) is 3.50. The number of hydrogen-bond acceptors (Lipinski definition) is 5. The van der Waals surface area contributed by atoms with Gasteiger partial charge in [-0.2, -0.15) is 0 Å². The Balaban J connectivity index is 1.92. The van der Waals surface area contributed by atoms with Crippen molar-refractivity contribution in [3.05, 3.63) is 0 Å². The predicted molar refractivity (Wildman–Crippen MR) is 78.9 cm³/mol. The summed E-state index contributed by atoms with van der Waals surface area (Å²) < 4.78 is 4.82. The minimum Gasteiger partial charge on any atom is -0.461 e. The molecule has 0 aromatic heterocycles. The summed E-state index contributed by atoms with van der Waals surface area (Å²) in [5.74, 6) is 0.437. The second kappa shape index (κ2) is 7.57. The number of carbonyl (C=O) groups excluding carboxylic acids is 2. The molecule has 118 valence electrons. The highest BCUT2D eigenvalue weighted by Crippen LogP contribution is 2.41. The second-order valence-corrected chi connectivity index (χ2v) is 6.06. The van der Waals surface area contributed by atoms with Gasteiger partial charge in [-0.3, -0.25) is 4.79 Å². The van der Waals surface area contributed by atoms with Gasteiger partial charge in [0.05, 0.1) is 6.61 Å². The minimum absolute atomic E-state index is 0.0214. The van der Waals surface area contributed by atoms with Crippen LogP contribution < -0.4 is 0 Å². The fraction of sp³-hybridized carbons (Fsp3) is 0.812. The molecule has 21 heavy (non-hydrogen) atoms. The highest BCUT2D eigenvalue weighted by Gasteiger charge is 2.33. The molecule has 0 bridgehead atoms. The van der Waals surface area contributed by atoms with Crippen molar-refractivity contribution in [2.45, 2.75) is 64.9 Å². The quantitative estimate of drug-likeness (QED) is 0.338. The van der Waals surface area contributed by atoms with Crippen molar-refractivity contribution in [2.24, 2.45) is 17.0 Å². The minimum atomic E-state index is -0.698. The van der Waals surface area contributed by atoms with Crippen molar-refractivity contribution in [2.75, 3.05) is 6.61 Å². The summed E-state index contributed by atoms with van der Waals surface area (Å²) in [5.41, 5.74) is -0.234. The summed E-state index contributed by atoms with van der Waals surface area (Å²) in [6, 6.07) is 0. The zero-order valence-corrected chi connectivity index (χ0v) is 13.0. The van der Waals surface area contributed by atoms with Gasteiger partial charge in [-0.1, -0.05) is 30.8 Å². The van der Waals surface area contributed by atoms with Crippen molar-refractivity contribution < 1.29 is 19.2 Å². The molecule has 2 rings (SSSR count). The Kier molecular flexibility index (Phi) is 5.76. The van der Waals surface area contributed by atoms with Crippen LogP contribution in [0.3, 0.4) is 0 Å². The lowest BCUT2D eigenvalue weighted by Crippen LogP contribution is -2.32. The molecule has 0 spiro atoms. The molecule has 0 N–H and O–H groups in total. The van der Waals surface area contributed by atoms with E-state index in [1.165, 1.54) is 39.0 Å². The van der Waals surface area contributed by atoms with Gasteiger partial charge in [0.25, 0.3) is 0 Å². The first-order valence-corrected chi connectivity index (χ1v) is 8.03. The number of ether oxygens (including phenoxy) is 1. The lowest BCUT2D eigenvalue weighted by Gasteiger charge is -2.38. The molecule has 2 saturated carbocycles. The van der Waals surface area contributed by atoms with Gasteiger partial charge < -0.3 is 9.57 Å². The van der Waals surface area contributed by atoms with Crippen LogP contribution in [0.2, 0.25) is 0 Å². The summed E-state index contributed by atoms with van der Waals surface area (Å²) in [5, 5.41) is 3.80. The number of carbonyl (C=O) groups is 2. The number of esters is 1. The van der Waals surface area contributed by atoms with Gasteiger partial charge in [-0.15, -0.1) is 0 Å². The summed E-state index contributed by atoms with van der Waals surface area (Å²) in [6.45, 7) is 3.22. The summed E-state index contributed by atoms with van der Waals surface area (Å²) in [4.78, 5) is 28.6. The number of nitrogens with zero attached hydrogens (tertiary/aromatic N) is 1. The Morgan fingerprint density at radius 2 is 1.81 bits per heavy atom. The third-order valence-electron chi connectivity index (χ3n) is 4.59. The number of ketones is 1. The Bertz CT molecular complexity index is 419. The maximum absolute atomic E-state index is 11.6. The van der Waals surface area contributed by atoms with Crippen LogP contribution in [-0.4, -0.2) is 30.2 Å². The standard InChI is InChI=1S/C16H25NO4/c1-3-20-16(19)15(11(2)18)17-21-14-9-8-12-6-4-5-7-13(12)10-14/h12-14H,3-10H2,1-2H3. The zero-order chi connectivity index (χ0) is 15.2. The number of oxime groups is 1. The Labute approximate surface area is 126 Å². The Hall–Kier alpha value is -1.39. The van der Waals surface area contributed by atoms with Crippen LogP contribution >= 0.6 is 0 Å². The van der Waals surface area contributed by atoms with Crippen LogP contribution in [-0.2, 0) is 19.2 Å². The third-order valence-corrected chi connectivity index (χ3v) is 4.59. The highest BCUT2D eigenvalue weighted by atomic mass is 16.6. The molecule has 2 fully saturated rings. The van der Waals surface area contributed by atoms with E-state index in [-0.39, 0.29) is 18.4 Å². The van der Waals surface area contributed by atoms with E-state index < -0.39 is 11.8 Å². The third kappa shape index (κ3) is 4.29. The van der Waals surface area contributed by atoms with Gasteiger partial charge >= 0.3 is 5.97 Å². The first-order chi connectivity index (χ1) is 10.1. The Morgan fingerprint density at radius 1 is 1.10 bits per heavy atom. The van der Waals surface area contributed by atoms with Crippen molar-refractivity contribution in [1.82, 2.24) is 0 Å². The SMILES string of the molecule is CCOC(=O)C(=NOC1CCC2CCCCC2C1)C(C)=O. The molecule has 0 radical (unpaired) electrons. The number of rotatable bonds is 5. The van der Waals surface area contributed by atoms with E-state index in [2.05, 4.69) is 5.16 Å². The van der Waals surface area contributed by atoms with E-state index in [9.17, 15) is 9.59 Å². The highest BCUT2D eigenvalue weighted by molar-refractivity contribution is 6.63. The number of Topliss-reactive ketones (excluding diaryl/α,β-unsaturated/α-hetero) is 1. The van der Waals surface area contributed by atoms with Gasteiger partial charge in [-0.05, 0) is 38.0 Å². The smallest absolute Gasteiger partial charge is 0.364 e. The van der Waals surface area contributed by atoms with Crippen LogP contribution in [0.4, 0.5) is 0 Å². The van der Waals surface area contributed by atoms with Crippen LogP contribution in [0.1, 0.15) is 58.8 Å². The molecule has 5 heteroatoms. The molecule has 0 aromatic rings. The molecule has 0 saturated heterocycles. The lowest BCUT2D eigenvalue weighted by molar-refractivity contribution is -0.136. The molecule has 0 aliphatic heterocycles. The second-order valence-electron chi connectivity index (χ2n) is 6.06. The largest absolute Gasteiger partial charge is 0.461 e. The molecule has 0 amide bonds. The van der Waals surface area contributed by atoms with Crippen molar-refractivity contribution in [1.29, 1.82) is 0 Å². The lowest BCUT2D eigenvalue weighted by atomic mass is 9.70. The first-order valence-electron chi connectivity index (χ1n) is 8.03. The van der Waals surface area contributed by atoms with Crippen molar-refractivity contribution in [3.8, 4) is 0 Å². The fourth-order valence-electron chi connectivity index (χ4n) is 3.50. The van der Waals surface area contributed by atoms with Gasteiger partial charge in [0.1, 0.15) is 6.10 Å². The maximum Gasteiger partial charge on any atom is 0.364 e. The van der Waals surface area contributed by atoms with Gasteiger partial charge in [0, 0.05) is 6.92 Å². The summed E-state index contributed by atoms with van der Waals surface area (Å²) in [7, 11) is 0.